The molecule has 2 unspecified atom stereocenters. The predicted molar refractivity (Wildman–Crippen MR) is 83.6 cm³/mol. The summed E-state index contributed by atoms with van der Waals surface area (Å²) in [4.78, 5) is 2.52. The molecule has 0 aromatic heterocycles. The van der Waals surface area contributed by atoms with Crippen LogP contribution in [0.2, 0.25) is 0 Å². The molecule has 1 aromatic carbocycles. The number of aryl methyl sites for hydroxylation is 1. The molecule has 1 fully saturated rings. The highest BCUT2D eigenvalue weighted by Gasteiger charge is 2.25. The molecule has 0 aliphatic heterocycles. The van der Waals surface area contributed by atoms with Gasteiger partial charge in [-0.3, -0.25) is 0 Å². The minimum atomic E-state index is 0.729. The van der Waals surface area contributed by atoms with Gasteiger partial charge in [-0.25, -0.2) is 0 Å². The highest BCUT2D eigenvalue weighted by Crippen LogP contribution is 2.31. The van der Waals surface area contributed by atoms with Crippen LogP contribution in [0.5, 0.6) is 0 Å². The first-order chi connectivity index (χ1) is 9.24. The fourth-order valence-electron chi connectivity index (χ4n) is 3.36. The van der Waals surface area contributed by atoms with Crippen LogP contribution in [0.3, 0.4) is 0 Å². The zero-order valence-corrected chi connectivity index (χ0v) is 12.4. The third-order valence-corrected chi connectivity index (χ3v) is 4.57. The van der Waals surface area contributed by atoms with Crippen molar-refractivity contribution in [2.45, 2.75) is 39.5 Å². The van der Waals surface area contributed by atoms with Gasteiger partial charge in [-0.1, -0.05) is 25.0 Å². The first-order valence-electron chi connectivity index (χ1n) is 7.76. The molecular formula is C17H28N2. The normalized spacial score (nSPS) is 23.3. The third kappa shape index (κ3) is 3.73. The van der Waals surface area contributed by atoms with Crippen molar-refractivity contribution in [1.29, 1.82) is 0 Å². The van der Waals surface area contributed by atoms with Crippen LogP contribution in [0.25, 0.3) is 0 Å². The second kappa shape index (κ2) is 6.95. The van der Waals surface area contributed by atoms with Gasteiger partial charge < -0.3 is 10.6 Å². The summed E-state index contributed by atoms with van der Waals surface area (Å²) in [6.45, 7) is 7.53. The smallest absolute Gasteiger partial charge is 0.0368 e. The fourth-order valence-corrected chi connectivity index (χ4v) is 3.36. The van der Waals surface area contributed by atoms with E-state index in [1.165, 1.54) is 43.5 Å². The maximum Gasteiger partial charge on any atom is 0.0368 e. The van der Waals surface area contributed by atoms with Crippen LogP contribution in [0.1, 0.15) is 38.2 Å². The van der Waals surface area contributed by atoms with E-state index in [0.29, 0.717) is 0 Å². The van der Waals surface area contributed by atoms with Crippen molar-refractivity contribution in [3.8, 4) is 0 Å². The lowest BCUT2D eigenvalue weighted by Crippen LogP contribution is -2.37. The minimum Gasteiger partial charge on any atom is -0.372 e. The van der Waals surface area contributed by atoms with Gasteiger partial charge in [0, 0.05) is 18.8 Å². The Morgan fingerprint density at radius 2 is 1.95 bits per heavy atom. The average molecular weight is 260 g/mol. The topological polar surface area (TPSA) is 29.3 Å². The van der Waals surface area contributed by atoms with Gasteiger partial charge in [0.05, 0.1) is 0 Å². The second-order valence-electron chi connectivity index (χ2n) is 5.92. The third-order valence-electron chi connectivity index (χ3n) is 4.57. The van der Waals surface area contributed by atoms with Crippen molar-refractivity contribution in [1.82, 2.24) is 0 Å². The van der Waals surface area contributed by atoms with Gasteiger partial charge >= 0.3 is 0 Å². The molecule has 0 heterocycles. The first kappa shape index (κ1) is 14.4. The van der Waals surface area contributed by atoms with E-state index in [-0.39, 0.29) is 0 Å². The van der Waals surface area contributed by atoms with Crippen molar-refractivity contribution in [2.75, 3.05) is 24.5 Å². The average Bonchev–Trinajstić information content (AvgIpc) is 2.45. The Labute approximate surface area is 118 Å². The van der Waals surface area contributed by atoms with Gasteiger partial charge in [-0.15, -0.1) is 0 Å². The van der Waals surface area contributed by atoms with Crippen LogP contribution in [0.15, 0.2) is 24.3 Å². The van der Waals surface area contributed by atoms with Crippen molar-refractivity contribution in [2.24, 2.45) is 17.6 Å². The van der Waals surface area contributed by atoms with Gasteiger partial charge in [-0.05, 0) is 62.8 Å². The Kier molecular flexibility index (Phi) is 5.26. The summed E-state index contributed by atoms with van der Waals surface area (Å²) in [5.41, 5.74) is 8.66. The molecule has 0 spiro atoms. The van der Waals surface area contributed by atoms with E-state index < -0.39 is 0 Å². The summed E-state index contributed by atoms with van der Waals surface area (Å²) in [6.07, 6.45) is 5.43. The lowest BCUT2D eigenvalue weighted by molar-refractivity contribution is 0.246. The van der Waals surface area contributed by atoms with Crippen molar-refractivity contribution >= 4 is 5.69 Å². The summed E-state index contributed by atoms with van der Waals surface area (Å²) in [7, 11) is 0. The van der Waals surface area contributed by atoms with Crippen molar-refractivity contribution < 1.29 is 0 Å². The zero-order chi connectivity index (χ0) is 13.7. The van der Waals surface area contributed by atoms with E-state index in [2.05, 4.69) is 43.0 Å². The Morgan fingerprint density at radius 1 is 1.21 bits per heavy atom. The van der Waals surface area contributed by atoms with Gasteiger partial charge in [0.1, 0.15) is 0 Å². The molecule has 2 heteroatoms. The van der Waals surface area contributed by atoms with E-state index in [1.54, 1.807) is 0 Å². The number of benzene rings is 1. The van der Waals surface area contributed by atoms with Crippen LogP contribution >= 0.6 is 0 Å². The maximum absolute atomic E-state index is 5.96. The summed E-state index contributed by atoms with van der Waals surface area (Å²) >= 11 is 0. The lowest BCUT2D eigenvalue weighted by Gasteiger charge is -2.35. The quantitative estimate of drug-likeness (QED) is 0.876. The predicted octanol–water partition coefficient (Wildman–Crippen LogP) is 3.59. The number of rotatable bonds is 5. The molecule has 2 nitrogen and oxygen atoms in total. The molecule has 1 saturated carbocycles. The van der Waals surface area contributed by atoms with E-state index >= 15 is 0 Å². The molecule has 106 valence electrons. The minimum absolute atomic E-state index is 0.729. The number of hydrogen-bond acceptors (Lipinski definition) is 2. The standard InChI is InChI=1S/C17H28N2/c1-3-19(17-10-6-7-14(2)11-17)13-16-9-5-4-8-15(16)12-18/h6-7,10-11,15-16H,3-5,8-9,12-13,18H2,1-2H3. The SMILES string of the molecule is CCN(CC1CCCCC1CN)c1cccc(C)c1. The van der Waals surface area contributed by atoms with Crippen LogP contribution in [0.4, 0.5) is 5.69 Å². The van der Waals surface area contributed by atoms with E-state index in [9.17, 15) is 0 Å². The summed E-state index contributed by atoms with van der Waals surface area (Å²) in [5.74, 6) is 1.51. The Balaban J connectivity index is 2.05. The first-order valence-corrected chi connectivity index (χ1v) is 7.76. The largest absolute Gasteiger partial charge is 0.372 e. The fraction of sp³-hybridized carbons (Fsp3) is 0.647. The summed E-state index contributed by atoms with van der Waals surface area (Å²) in [5, 5.41) is 0. The highest BCUT2D eigenvalue weighted by molar-refractivity contribution is 5.48. The molecule has 1 aliphatic rings. The van der Waals surface area contributed by atoms with E-state index in [0.717, 1.165) is 24.9 Å². The lowest BCUT2D eigenvalue weighted by atomic mass is 9.79. The molecule has 19 heavy (non-hydrogen) atoms. The summed E-state index contributed by atoms with van der Waals surface area (Å²) in [6, 6.07) is 8.86. The van der Waals surface area contributed by atoms with Crippen molar-refractivity contribution in [3.63, 3.8) is 0 Å². The van der Waals surface area contributed by atoms with Gasteiger partial charge in [0.25, 0.3) is 0 Å². The number of nitrogens with zero attached hydrogens (tertiary/aromatic N) is 1. The maximum atomic E-state index is 5.96. The molecule has 0 saturated heterocycles. The Hall–Kier alpha value is -1.02. The van der Waals surface area contributed by atoms with Crippen molar-refractivity contribution in [3.05, 3.63) is 29.8 Å². The Bertz CT molecular complexity index is 389. The van der Waals surface area contributed by atoms with Gasteiger partial charge in [0.2, 0.25) is 0 Å². The van der Waals surface area contributed by atoms with Crippen LogP contribution < -0.4 is 10.6 Å². The second-order valence-corrected chi connectivity index (χ2v) is 5.92. The molecule has 0 bridgehead atoms. The molecule has 1 aliphatic carbocycles. The van der Waals surface area contributed by atoms with Crippen LogP contribution in [-0.4, -0.2) is 19.6 Å². The number of nitrogens with two attached hydrogens (primary N) is 1. The van der Waals surface area contributed by atoms with Gasteiger partial charge in [0.15, 0.2) is 0 Å². The number of hydrogen-bond donors (Lipinski definition) is 1. The molecule has 2 N–H and O–H groups in total. The monoisotopic (exact) mass is 260 g/mol. The molecule has 2 rings (SSSR count). The molecule has 2 atom stereocenters. The molecule has 1 aromatic rings. The molecular weight excluding hydrogens is 232 g/mol. The molecule has 0 radical (unpaired) electrons. The van der Waals surface area contributed by atoms with E-state index in [4.69, 9.17) is 5.73 Å². The summed E-state index contributed by atoms with van der Waals surface area (Å²) < 4.78 is 0. The zero-order valence-electron chi connectivity index (χ0n) is 12.4. The van der Waals surface area contributed by atoms with E-state index in [1.807, 2.05) is 0 Å². The van der Waals surface area contributed by atoms with Crippen LogP contribution in [-0.2, 0) is 0 Å². The number of anilines is 1. The Morgan fingerprint density at radius 3 is 2.58 bits per heavy atom. The van der Waals surface area contributed by atoms with Gasteiger partial charge in [-0.2, -0.15) is 0 Å². The highest BCUT2D eigenvalue weighted by atomic mass is 15.1. The van der Waals surface area contributed by atoms with Crippen LogP contribution in [0, 0.1) is 18.8 Å². The molecule has 0 amide bonds.